The summed E-state index contributed by atoms with van der Waals surface area (Å²) in [6, 6.07) is 0.207. The predicted octanol–water partition coefficient (Wildman–Crippen LogP) is 0.149. The predicted molar refractivity (Wildman–Crippen MR) is 52.9 cm³/mol. The summed E-state index contributed by atoms with van der Waals surface area (Å²) in [5, 5.41) is 0. The Hall–Kier alpha value is -0.130. The molecule has 5 heteroatoms. The standard InChI is InChI=1S/C8H18N2O2S/c1-13(11,12)10-7-3-5-8(10)4-2-6-9/h8H,2-7,9H2,1H3. The molecule has 0 bridgehead atoms. The van der Waals surface area contributed by atoms with Crippen molar-refractivity contribution in [2.75, 3.05) is 19.3 Å². The SMILES string of the molecule is CS(=O)(=O)N1CCCC1CCCN. The van der Waals surface area contributed by atoms with Crippen LogP contribution in [0.1, 0.15) is 25.7 Å². The van der Waals surface area contributed by atoms with Gasteiger partial charge in [0.25, 0.3) is 0 Å². The minimum absolute atomic E-state index is 0.207. The molecular weight excluding hydrogens is 188 g/mol. The first-order valence-corrected chi connectivity index (χ1v) is 6.57. The van der Waals surface area contributed by atoms with Crippen LogP contribution in [0.4, 0.5) is 0 Å². The molecule has 0 aromatic heterocycles. The van der Waals surface area contributed by atoms with Gasteiger partial charge in [0.2, 0.25) is 10.0 Å². The van der Waals surface area contributed by atoms with Gasteiger partial charge in [-0.15, -0.1) is 0 Å². The van der Waals surface area contributed by atoms with Crippen molar-refractivity contribution >= 4 is 10.0 Å². The smallest absolute Gasteiger partial charge is 0.211 e. The van der Waals surface area contributed by atoms with Gasteiger partial charge in [-0.3, -0.25) is 0 Å². The highest BCUT2D eigenvalue weighted by Crippen LogP contribution is 2.23. The van der Waals surface area contributed by atoms with Crippen LogP contribution >= 0.6 is 0 Å². The number of hydrogen-bond donors (Lipinski definition) is 1. The summed E-state index contributed by atoms with van der Waals surface area (Å²) in [5.74, 6) is 0. The second-order valence-electron chi connectivity index (χ2n) is 3.60. The lowest BCUT2D eigenvalue weighted by Gasteiger charge is -2.21. The van der Waals surface area contributed by atoms with Crippen LogP contribution in [0.3, 0.4) is 0 Å². The molecule has 0 amide bonds. The van der Waals surface area contributed by atoms with Crippen molar-refractivity contribution in [3.63, 3.8) is 0 Å². The first-order chi connectivity index (χ1) is 6.05. The lowest BCUT2D eigenvalue weighted by molar-refractivity contribution is 0.368. The third-order valence-electron chi connectivity index (χ3n) is 2.49. The van der Waals surface area contributed by atoms with Gasteiger partial charge in [-0.1, -0.05) is 0 Å². The summed E-state index contributed by atoms with van der Waals surface area (Å²) in [7, 11) is -2.99. The molecule has 0 aromatic carbocycles. The Morgan fingerprint density at radius 3 is 2.77 bits per heavy atom. The molecule has 1 heterocycles. The molecule has 1 fully saturated rings. The van der Waals surface area contributed by atoms with Crippen LogP contribution in [-0.4, -0.2) is 38.1 Å². The van der Waals surface area contributed by atoms with E-state index in [0.717, 1.165) is 25.7 Å². The van der Waals surface area contributed by atoms with Crippen LogP contribution in [0.2, 0.25) is 0 Å². The number of nitrogens with zero attached hydrogens (tertiary/aromatic N) is 1. The van der Waals surface area contributed by atoms with Crippen molar-refractivity contribution in [1.29, 1.82) is 0 Å². The fourth-order valence-electron chi connectivity index (χ4n) is 1.89. The van der Waals surface area contributed by atoms with Crippen LogP contribution in [0, 0.1) is 0 Å². The van der Waals surface area contributed by atoms with Crippen molar-refractivity contribution in [1.82, 2.24) is 4.31 Å². The van der Waals surface area contributed by atoms with E-state index in [9.17, 15) is 8.42 Å². The Morgan fingerprint density at radius 1 is 1.54 bits per heavy atom. The zero-order valence-electron chi connectivity index (χ0n) is 8.07. The highest BCUT2D eigenvalue weighted by molar-refractivity contribution is 7.88. The van der Waals surface area contributed by atoms with Crippen LogP contribution in [0.15, 0.2) is 0 Å². The molecule has 13 heavy (non-hydrogen) atoms. The van der Waals surface area contributed by atoms with Gasteiger partial charge in [-0.2, -0.15) is 4.31 Å². The zero-order chi connectivity index (χ0) is 9.90. The molecular formula is C8H18N2O2S. The molecule has 1 saturated heterocycles. The monoisotopic (exact) mass is 206 g/mol. The summed E-state index contributed by atoms with van der Waals surface area (Å²) in [6.07, 6.45) is 5.09. The Bertz CT molecular complexity index is 251. The largest absolute Gasteiger partial charge is 0.330 e. The molecule has 0 aromatic rings. The second kappa shape index (κ2) is 4.39. The number of nitrogens with two attached hydrogens (primary N) is 1. The average molecular weight is 206 g/mol. The van der Waals surface area contributed by atoms with Crippen molar-refractivity contribution in [2.24, 2.45) is 5.73 Å². The molecule has 1 atom stereocenters. The van der Waals surface area contributed by atoms with E-state index in [-0.39, 0.29) is 6.04 Å². The summed E-state index contributed by atoms with van der Waals surface area (Å²) in [5.41, 5.74) is 5.39. The number of hydrogen-bond acceptors (Lipinski definition) is 3. The van der Waals surface area contributed by atoms with E-state index in [1.807, 2.05) is 0 Å². The van der Waals surface area contributed by atoms with E-state index in [4.69, 9.17) is 5.73 Å². The zero-order valence-corrected chi connectivity index (χ0v) is 8.89. The minimum Gasteiger partial charge on any atom is -0.330 e. The fraction of sp³-hybridized carbons (Fsp3) is 1.00. The maximum atomic E-state index is 11.3. The van der Waals surface area contributed by atoms with Gasteiger partial charge in [0, 0.05) is 12.6 Å². The lowest BCUT2D eigenvalue weighted by atomic mass is 10.1. The highest BCUT2D eigenvalue weighted by Gasteiger charge is 2.30. The molecule has 0 saturated carbocycles. The van der Waals surface area contributed by atoms with Crippen molar-refractivity contribution in [3.8, 4) is 0 Å². The van der Waals surface area contributed by atoms with E-state index in [2.05, 4.69) is 0 Å². The highest BCUT2D eigenvalue weighted by atomic mass is 32.2. The minimum atomic E-state index is -2.99. The maximum Gasteiger partial charge on any atom is 0.211 e. The summed E-state index contributed by atoms with van der Waals surface area (Å²) in [4.78, 5) is 0. The van der Waals surface area contributed by atoms with E-state index in [1.165, 1.54) is 6.26 Å². The van der Waals surface area contributed by atoms with Gasteiger partial charge in [-0.25, -0.2) is 8.42 Å². The third kappa shape index (κ3) is 2.93. The quantitative estimate of drug-likeness (QED) is 0.712. The molecule has 78 valence electrons. The molecule has 1 rings (SSSR count). The summed E-state index contributed by atoms with van der Waals surface area (Å²) in [6.45, 7) is 1.34. The van der Waals surface area contributed by atoms with Crippen LogP contribution < -0.4 is 5.73 Å². The van der Waals surface area contributed by atoms with Crippen LogP contribution in [0.25, 0.3) is 0 Å². The lowest BCUT2D eigenvalue weighted by Crippen LogP contribution is -2.34. The molecule has 0 aliphatic carbocycles. The van der Waals surface area contributed by atoms with Gasteiger partial charge in [-0.05, 0) is 32.2 Å². The molecule has 1 aliphatic rings. The summed E-state index contributed by atoms with van der Waals surface area (Å²) < 4.78 is 24.2. The van der Waals surface area contributed by atoms with E-state index >= 15 is 0 Å². The average Bonchev–Trinajstić information content (AvgIpc) is 2.47. The Balaban J connectivity index is 2.54. The molecule has 1 aliphatic heterocycles. The van der Waals surface area contributed by atoms with Gasteiger partial charge in [0.15, 0.2) is 0 Å². The van der Waals surface area contributed by atoms with Crippen LogP contribution in [0.5, 0.6) is 0 Å². The topological polar surface area (TPSA) is 63.4 Å². The number of rotatable bonds is 4. The van der Waals surface area contributed by atoms with E-state index in [0.29, 0.717) is 13.1 Å². The Morgan fingerprint density at radius 2 is 2.23 bits per heavy atom. The molecule has 4 nitrogen and oxygen atoms in total. The first kappa shape index (κ1) is 10.9. The second-order valence-corrected chi connectivity index (χ2v) is 5.54. The van der Waals surface area contributed by atoms with E-state index in [1.54, 1.807) is 4.31 Å². The van der Waals surface area contributed by atoms with Gasteiger partial charge >= 0.3 is 0 Å². The van der Waals surface area contributed by atoms with Gasteiger partial charge in [0.05, 0.1) is 6.26 Å². The van der Waals surface area contributed by atoms with E-state index < -0.39 is 10.0 Å². The van der Waals surface area contributed by atoms with Crippen LogP contribution in [-0.2, 0) is 10.0 Å². The third-order valence-corrected chi connectivity index (χ3v) is 3.82. The molecule has 2 N–H and O–H groups in total. The molecule has 1 unspecified atom stereocenters. The Kier molecular flexibility index (Phi) is 3.70. The van der Waals surface area contributed by atoms with Crippen molar-refractivity contribution in [2.45, 2.75) is 31.7 Å². The van der Waals surface area contributed by atoms with Crippen molar-refractivity contribution < 1.29 is 8.42 Å². The Labute approximate surface area is 80.1 Å². The fourth-order valence-corrected chi connectivity index (χ4v) is 3.10. The van der Waals surface area contributed by atoms with Gasteiger partial charge < -0.3 is 5.73 Å². The normalized spacial score (nSPS) is 25.2. The maximum absolute atomic E-state index is 11.3. The summed E-state index contributed by atoms with van der Waals surface area (Å²) >= 11 is 0. The van der Waals surface area contributed by atoms with Gasteiger partial charge in [0.1, 0.15) is 0 Å². The molecule has 0 spiro atoms. The number of sulfonamides is 1. The van der Waals surface area contributed by atoms with Crippen molar-refractivity contribution in [3.05, 3.63) is 0 Å². The first-order valence-electron chi connectivity index (χ1n) is 4.72. The molecule has 0 radical (unpaired) electrons.